The standard InChI is InChI=1S/C18H21N5OS/c1-11-3-6-13-14(9-11)21-18(20-13)25-10-15(24)22-16(12-4-5-12)17-19-7-8-23(17)2/h3,6-9,12,16H,4-5,10H2,1-2H3,(H,20,21)(H,22,24)/t16-/m0/s1. The Morgan fingerprint density at radius 1 is 1.48 bits per heavy atom. The molecule has 1 aliphatic rings. The summed E-state index contributed by atoms with van der Waals surface area (Å²) in [5, 5.41) is 3.92. The fourth-order valence-electron chi connectivity index (χ4n) is 3.02. The molecule has 0 radical (unpaired) electrons. The largest absolute Gasteiger partial charge is 0.345 e. The van der Waals surface area contributed by atoms with Crippen molar-refractivity contribution in [2.75, 3.05) is 5.75 Å². The number of H-pyrrole nitrogens is 1. The van der Waals surface area contributed by atoms with Crippen molar-refractivity contribution >= 4 is 28.7 Å². The average Bonchev–Trinajstić information content (AvgIpc) is 3.22. The highest BCUT2D eigenvalue weighted by Gasteiger charge is 2.35. The molecule has 25 heavy (non-hydrogen) atoms. The van der Waals surface area contributed by atoms with E-state index in [2.05, 4.69) is 33.3 Å². The summed E-state index contributed by atoms with van der Waals surface area (Å²) < 4.78 is 1.98. The molecule has 0 unspecified atom stereocenters. The molecule has 0 saturated heterocycles. The average molecular weight is 355 g/mol. The van der Waals surface area contributed by atoms with Crippen molar-refractivity contribution in [3.05, 3.63) is 42.0 Å². The normalized spacial score (nSPS) is 15.4. The van der Waals surface area contributed by atoms with E-state index in [1.807, 2.05) is 29.9 Å². The number of nitrogens with zero attached hydrogens (tertiary/aromatic N) is 3. The molecule has 130 valence electrons. The summed E-state index contributed by atoms with van der Waals surface area (Å²) in [4.78, 5) is 24.6. The van der Waals surface area contributed by atoms with Crippen molar-refractivity contribution in [2.24, 2.45) is 13.0 Å². The zero-order chi connectivity index (χ0) is 17.4. The molecule has 7 heteroatoms. The van der Waals surface area contributed by atoms with Crippen LogP contribution in [0.1, 0.15) is 30.3 Å². The first kappa shape index (κ1) is 16.2. The Labute approximate surface area is 150 Å². The van der Waals surface area contributed by atoms with Gasteiger partial charge in [0, 0.05) is 19.4 Å². The Balaban J connectivity index is 1.40. The van der Waals surface area contributed by atoms with Gasteiger partial charge in [-0.05, 0) is 43.4 Å². The summed E-state index contributed by atoms with van der Waals surface area (Å²) in [6.45, 7) is 2.05. The van der Waals surface area contributed by atoms with Gasteiger partial charge in [0.25, 0.3) is 0 Å². The number of fused-ring (bicyclic) bond motifs is 1. The first-order chi connectivity index (χ1) is 12.1. The first-order valence-electron chi connectivity index (χ1n) is 8.46. The number of carbonyl (C=O) groups excluding carboxylic acids is 1. The molecule has 2 N–H and O–H groups in total. The van der Waals surface area contributed by atoms with Crippen molar-refractivity contribution in [1.29, 1.82) is 0 Å². The summed E-state index contributed by atoms with van der Waals surface area (Å²) in [7, 11) is 1.97. The van der Waals surface area contributed by atoms with Crippen LogP contribution in [0.15, 0.2) is 35.7 Å². The Morgan fingerprint density at radius 2 is 2.32 bits per heavy atom. The number of aryl methyl sites for hydroxylation is 2. The van der Waals surface area contributed by atoms with Crippen LogP contribution in [0.5, 0.6) is 0 Å². The zero-order valence-corrected chi connectivity index (χ0v) is 15.1. The van der Waals surface area contributed by atoms with Crippen LogP contribution in [0.2, 0.25) is 0 Å². The lowest BCUT2D eigenvalue weighted by atomic mass is 10.1. The van der Waals surface area contributed by atoms with E-state index in [-0.39, 0.29) is 11.9 Å². The molecular formula is C18H21N5OS. The van der Waals surface area contributed by atoms with Gasteiger partial charge in [-0.15, -0.1) is 0 Å². The van der Waals surface area contributed by atoms with E-state index in [1.54, 1.807) is 6.20 Å². The third-order valence-electron chi connectivity index (χ3n) is 4.50. The van der Waals surface area contributed by atoms with E-state index in [0.29, 0.717) is 11.7 Å². The van der Waals surface area contributed by atoms with Crippen LogP contribution in [-0.2, 0) is 11.8 Å². The monoisotopic (exact) mass is 355 g/mol. The number of thioether (sulfide) groups is 1. The Morgan fingerprint density at radius 3 is 3.04 bits per heavy atom. The number of benzene rings is 1. The summed E-state index contributed by atoms with van der Waals surface area (Å²) in [6, 6.07) is 6.11. The molecule has 3 aromatic rings. The van der Waals surface area contributed by atoms with E-state index in [9.17, 15) is 4.79 Å². The van der Waals surface area contributed by atoms with Crippen molar-refractivity contribution in [2.45, 2.75) is 31.0 Å². The maximum absolute atomic E-state index is 12.4. The van der Waals surface area contributed by atoms with Crippen LogP contribution in [-0.4, -0.2) is 31.2 Å². The van der Waals surface area contributed by atoms with E-state index in [4.69, 9.17) is 0 Å². The van der Waals surface area contributed by atoms with Crippen molar-refractivity contribution in [1.82, 2.24) is 24.8 Å². The third-order valence-corrected chi connectivity index (χ3v) is 5.38. The van der Waals surface area contributed by atoms with Gasteiger partial charge in [-0.3, -0.25) is 4.79 Å². The molecule has 1 amide bonds. The summed E-state index contributed by atoms with van der Waals surface area (Å²) >= 11 is 1.43. The maximum Gasteiger partial charge on any atom is 0.231 e. The van der Waals surface area contributed by atoms with E-state index >= 15 is 0 Å². The van der Waals surface area contributed by atoms with Crippen LogP contribution in [0.25, 0.3) is 11.0 Å². The van der Waals surface area contributed by atoms with Gasteiger partial charge in [-0.1, -0.05) is 17.8 Å². The zero-order valence-electron chi connectivity index (χ0n) is 14.3. The minimum Gasteiger partial charge on any atom is -0.345 e. The predicted octanol–water partition coefficient (Wildman–Crippen LogP) is 2.96. The Hall–Kier alpha value is -2.28. The Bertz CT molecular complexity index is 911. The molecule has 1 atom stereocenters. The highest BCUT2D eigenvalue weighted by molar-refractivity contribution is 7.99. The molecule has 2 heterocycles. The lowest BCUT2D eigenvalue weighted by Gasteiger charge is -2.17. The van der Waals surface area contributed by atoms with Crippen LogP contribution < -0.4 is 5.32 Å². The van der Waals surface area contributed by atoms with Gasteiger partial charge in [-0.2, -0.15) is 0 Å². The highest BCUT2D eigenvalue weighted by atomic mass is 32.2. The number of nitrogens with one attached hydrogen (secondary N) is 2. The molecule has 0 bridgehead atoms. The minimum atomic E-state index is 0.00595. The SMILES string of the molecule is Cc1ccc2nc(SCC(=O)N[C@H](c3nccn3C)C3CC3)[nH]c2c1. The lowest BCUT2D eigenvalue weighted by Crippen LogP contribution is -2.32. The van der Waals surface area contributed by atoms with Crippen LogP contribution in [0.4, 0.5) is 0 Å². The molecule has 1 saturated carbocycles. The van der Waals surface area contributed by atoms with E-state index < -0.39 is 0 Å². The van der Waals surface area contributed by atoms with Gasteiger partial charge < -0.3 is 14.9 Å². The van der Waals surface area contributed by atoms with E-state index in [0.717, 1.165) is 34.9 Å². The van der Waals surface area contributed by atoms with Crippen molar-refractivity contribution < 1.29 is 4.79 Å². The lowest BCUT2D eigenvalue weighted by molar-refractivity contribution is -0.119. The van der Waals surface area contributed by atoms with Crippen LogP contribution >= 0.6 is 11.8 Å². The number of carbonyl (C=O) groups is 1. The molecule has 4 rings (SSSR count). The Kier molecular flexibility index (Phi) is 4.25. The van der Waals surface area contributed by atoms with Gasteiger partial charge in [0.15, 0.2) is 5.16 Å². The second-order valence-electron chi connectivity index (χ2n) is 6.63. The highest BCUT2D eigenvalue weighted by Crippen LogP contribution is 2.40. The fraction of sp³-hybridized carbons (Fsp3) is 0.389. The molecule has 0 aliphatic heterocycles. The molecule has 1 fully saturated rings. The number of hydrogen-bond donors (Lipinski definition) is 2. The molecule has 1 aromatic carbocycles. The number of rotatable bonds is 6. The quantitative estimate of drug-likeness (QED) is 0.667. The number of aromatic nitrogens is 4. The first-order valence-corrected chi connectivity index (χ1v) is 9.44. The predicted molar refractivity (Wildman–Crippen MR) is 98.4 cm³/mol. The van der Waals surface area contributed by atoms with Gasteiger partial charge in [0.2, 0.25) is 5.91 Å². The van der Waals surface area contributed by atoms with E-state index in [1.165, 1.54) is 17.3 Å². The van der Waals surface area contributed by atoms with Crippen LogP contribution in [0.3, 0.4) is 0 Å². The van der Waals surface area contributed by atoms with Gasteiger partial charge in [0.05, 0.1) is 22.8 Å². The van der Waals surface area contributed by atoms with Crippen molar-refractivity contribution in [3.63, 3.8) is 0 Å². The molecule has 1 aliphatic carbocycles. The number of imidazole rings is 2. The fourth-order valence-corrected chi connectivity index (χ4v) is 3.71. The number of amides is 1. The summed E-state index contributed by atoms with van der Waals surface area (Å²) in [5.41, 5.74) is 3.12. The molecular weight excluding hydrogens is 334 g/mol. The molecule has 0 spiro atoms. The molecule has 6 nitrogen and oxygen atoms in total. The summed E-state index contributed by atoms with van der Waals surface area (Å²) in [5.74, 6) is 1.79. The maximum atomic E-state index is 12.4. The second-order valence-corrected chi connectivity index (χ2v) is 7.59. The smallest absolute Gasteiger partial charge is 0.231 e. The number of hydrogen-bond acceptors (Lipinski definition) is 4. The minimum absolute atomic E-state index is 0.00595. The topological polar surface area (TPSA) is 75.6 Å². The molecule has 2 aromatic heterocycles. The van der Waals surface area contributed by atoms with Crippen molar-refractivity contribution in [3.8, 4) is 0 Å². The van der Waals surface area contributed by atoms with Gasteiger partial charge in [-0.25, -0.2) is 9.97 Å². The van der Waals surface area contributed by atoms with Gasteiger partial charge >= 0.3 is 0 Å². The third kappa shape index (κ3) is 3.56. The number of aromatic amines is 1. The summed E-state index contributed by atoms with van der Waals surface area (Å²) in [6.07, 6.45) is 5.99. The van der Waals surface area contributed by atoms with Gasteiger partial charge in [0.1, 0.15) is 5.82 Å². The van der Waals surface area contributed by atoms with Crippen LogP contribution in [0, 0.1) is 12.8 Å². The second kappa shape index (κ2) is 6.55.